The Morgan fingerprint density at radius 3 is 2.27 bits per heavy atom. The molecule has 0 spiro atoms. The highest BCUT2D eigenvalue weighted by atomic mass is 15.1. The van der Waals surface area contributed by atoms with Gasteiger partial charge in [0.05, 0.1) is 11.5 Å². The topological polar surface area (TPSA) is 35.8 Å². The van der Waals surface area contributed by atoms with E-state index in [-0.39, 0.29) is 5.41 Å². The fraction of sp³-hybridized carbons (Fsp3) is 0.889. The summed E-state index contributed by atoms with van der Waals surface area (Å²) in [4.78, 5) is 0. The van der Waals surface area contributed by atoms with Crippen molar-refractivity contribution in [3.63, 3.8) is 0 Å². The van der Waals surface area contributed by atoms with Gasteiger partial charge in [-0.05, 0) is 19.3 Å². The largest absolute Gasteiger partial charge is 0.309 e. The monoisotopic (exact) mass is 150 g/mol. The third kappa shape index (κ3) is 0.810. The third-order valence-corrected chi connectivity index (χ3v) is 2.86. The van der Waals surface area contributed by atoms with Crippen molar-refractivity contribution in [2.24, 2.45) is 5.41 Å². The average molecular weight is 150 g/mol. The Bertz CT molecular complexity index is 204. The first-order chi connectivity index (χ1) is 5.10. The molecule has 0 atom stereocenters. The van der Waals surface area contributed by atoms with Crippen LogP contribution in [0.25, 0.3) is 0 Å². The van der Waals surface area contributed by atoms with E-state index < -0.39 is 0 Å². The number of nitrogens with zero attached hydrogens (tertiary/aromatic N) is 1. The van der Waals surface area contributed by atoms with E-state index in [1.165, 1.54) is 0 Å². The Hall–Kier alpha value is -0.550. The lowest BCUT2D eigenvalue weighted by atomic mass is 9.40. The molecule has 11 heavy (non-hydrogen) atoms. The second-order valence-electron chi connectivity index (χ2n) is 4.50. The average Bonchev–Trinajstić information content (AvgIpc) is 1.74. The van der Waals surface area contributed by atoms with Gasteiger partial charge in [0.1, 0.15) is 0 Å². The van der Waals surface area contributed by atoms with Crippen LogP contribution >= 0.6 is 0 Å². The minimum atomic E-state index is 0.0991. The molecule has 2 nitrogen and oxygen atoms in total. The zero-order valence-corrected chi connectivity index (χ0v) is 7.15. The van der Waals surface area contributed by atoms with Gasteiger partial charge < -0.3 is 5.32 Å². The van der Waals surface area contributed by atoms with Crippen molar-refractivity contribution in [3.8, 4) is 6.07 Å². The van der Waals surface area contributed by atoms with Crippen molar-refractivity contribution in [1.82, 2.24) is 5.32 Å². The lowest BCUT2D eigenvalue weighted by molar-refractivity contribution is -0.114. The van der Waals surface area contributed by atoms with Gasteiger partial charge in [-0.1, -0.05) is 13.8 Å². The second kappa shape index (κ2) is 1.78. The van der Waals surface area contributed by atoms with Crippen molar-refractivity contribution >= 4 is 0 Å². The van der Waals surface area contributed by atoms with E-state index in [1.807, 2.05) is 0 Å². The van der Waals surface area contributed by atoms with Gasteiger partial charge in [-0.15, -0.1) is 0 Å². The van der Waals surface area contributed by atoms with Crippen LogP contribution in [-0.4, -0.2) is 11.6 Å². The third-order valence-electron chi connectivity index (χ3n) is 2.86. The highest BCUT2D eigenvalue weighted by Crippen LogP contribution is 2.66. The maximum Gasteiger partial charge on any atom is 0.0691 e. The first-order valence-corrected chi connectivity index (χ1v) is 4.29. The van der Waals surface area contributed by atoms with Crippen LogP contribution in [0.15, 0.2) is 0 Å². The van der Waals surface area contributed by atoms with Gasteiger partial charge in [0.25, 0.3) is 0 Å². The van der Waals surface area contributed by atoms with Crippen LogP contribution in [-0.2, 0) is 0 Å². The van der Waals surface area contributed by atoms with E-state index in [0.717, 1.165) is 19.3 Å². The Labute approximate surface area is 67.6 Å². The molecule has 0 radical (unpaired) electrons. The lowest BCUT2D eigenvalue weighted by Gasteiger charge is -2.68. The zero-order valence-electron chi connectivity index (χ0n) is 7.15. The predicted octanol–water partition coefficient (Wildman–Crippen LogP) is 1.43. The van der Waals surface area contributed by atoms with Gasteiger partial charge in [-0.25, -0.2) is 0 Å². The predicted molar refractivity (Wildman–Crippen MR) is 42.9 cm³/mol. The highest BCUT2D eigenvalue weighted by molar-refractivity contribution is 5.30. The Balaban J connectivity index is 1.91. The fourth-order valence-electron chi connectivity index (χ4n) is 2.67. The molecular weight excluding hydrogens is 136 g/mol. The van der Waals surface area contributed by atoms with E-state index in [2.05, 4.69) is 25.2 Å². The molecule has 3 fully saturated rings. The van der Waals surface area contributed by atoms with Gasteiger partial charge in [0, 0.05) is 11.6 Å². The SMILES string of the molecule is CC(C)NC12CC(C#N)(C1)C2. The van der Waals surface area contributed by atoms with Crippen LogP contribution in [0.2, 0.25) is 0 Å². The molecule has 0 heterocycles. The van der Waals surface area contributed by atoms with E-state index in [4.69, 9.17) is 5.26 Å². The standard InChI is InChI=1S/C9H14N2/c1-7(2)11-9-3-8(4-9,5-9)6-10/h7,11H,3-5H2,1-2H3. The molecule has 3 aliphatic carbocycles. The molecule has 0 unspecified atom stereocenters. The molecule has 0 aromatic rings. The van der Waals surface area contributed by atoms with Gasteiger partial charge in [-0.2, -0.15) is 5.26 Å². The zero-order chi connectivity index (χ0) is 8.11. The smallest absolute Gasteiger partial charge is 0.0691 e. The molecule has 3 aliphatic rings. The van der Waals surface area contributed by atoms with Crippen LogP contribution in [0.5, 0.6) is 0 Å². The number of nitriles is 1. The van der Waals surface area contributed by atoms with Gasteiger partial charge >= 0.3 is 0 Å². The Kier molecular flexibility index (Phi) is 1.15. The van der Waals surface area contributed by atoms with E-state index in [0.29, 0.717) is 11.6 Å². The molecule has 2 heteroatoms. The summed E-state index contributed by atoms with van der Waals surface area (Å²) in [5.74, 6) is 0. The summed E-state index contributed by atoms with van der Waals surface area (Å²) in [6.07, 6.45) is 3.28. The summed E-state index contributed by atoms with van der Waals surface area (Å²) in [5.41, 5.74) is 0.478. The van der Waals surface area contributed by atoms with Crippen LogP contribution in [0.3, 0.4) is 0 Å². The molecule has 0 saturated heterocycles. The normalized spacial score (nSPS) is 46.0. The molecule has 3 saturated carbocycles. The van der Waals surface area contributed by atoms with E-state index in [1.54, 1.807) is 0 Å². The van der Waals surface area contributed by atoms with Crippen LogP contribution in [0, 0.1) is 16.7 Å². The van der Waals surface area contributed by atoms with Crippen molar-refractivity contribution in [2.75, 3.05) is 0 Å². The van der Waals surface area contributed by atoms with Gasteiger partial charge in [-0.3, -0.25) is 0 Å². The number of nitrogens with one attached hydrogen (secondary N) is 1. The minimum Gasteiger partial charge on any atom is -0.309 e. The summed E-state index contributed by atoms with van der Waals surface area (Å²) < 4.78 is 0. The summed E-state index contributed by atoms with van der Waals surface area (Å²) in [6.45, 7) is 4.33. The van der Waals surface area contributed by atoms with Crippen LogP contribution in [0.4, 0.5) is 0 Å². The van der Waals surface area contributed by atoms with Crippen molar-refractivity contribution < 1.29 is 0 Å². The van der Waals surface area contributed by atoms with Crippen molar-refractivity contribution in [2.45, 2.75) is 44.7 Å². The maximum absolute atomic E-state index is 8.75. The fourth-order valence-corrected chi connectivity index (χ4v) is 2.67. The summed E-state index contributed by atoms with van der Waals surface area (Å²) in [5, 5.41) is 12.3. The summed E-state index contributed by atoms with van der Waals surface area (Å²) >= 11 is 0. The lowest BCUT2D eigenvalue weighted by Crippen LogP contribution is -2.74. The molecule has 0 aliphatic heterocycles. The summed E-state index contributed by atoms with van der Waals surface area (Å²) in [7, 11) is 0. The maximum atomic E-state index is 8.75. The molecule has 2 bridgehead atoms. The van der Waals surface area contributed by atoms with Gasteiger partial charge in [0.15, 0.2) is 0 Å². The molecule has 60 valence electrons. The number of hydrogen-bond acceptors (Lipinski definition) is 2. The highest BCUT2D eigenvalue weighted by Gasteiger charge is 2.68. The Morgan fingerprint density at radius 1 is 1.36 bits per heavy atom. The van der Waals surface area contributed by atoms with Crippen LogP contribution in [0.1, 0.15) is 33.1 Å². The first-order valence-electron chi connectivity index (χ1n) is 4.29. The molecular formula is C9H14N2. The summed E-state index contributed by atoms with van der Waals surface area (Å²) in [6, 6.07) is 2.96. The van der Waals surface area contributed by atoms with Crippen molar-refractivity contribution in [3.05, 3.63) is 0 Å². The quantitative estimate of drug-likeness (QED) is 0.646. The molecule has 0 amide bonds. The van der Waals surface area contributed by atoms with Gasteiger partial charge in [0.2, 0.25) is 0 Å². The number of hydrogen-bond donors (Lipinski definition) is 1. The van der Waals surface area contributed by atoms with Crippen LogP contribution < -0.4 is 5.32 Å². The molecule has 0 aromatic heterocycles. The first kappa shape index (κ1) is 7.12. The van der Waals surface area contributed by atoms with Crippen molar-refractivity contribution in [1.29, 1.82) is 5.26 Å². The second-order valence-corrected chi connectivity index (χ2v) is 4.50. The minimum absolute atomic E-state index is 0.0991. The molecule has 3 rings (SSSR count). The molecule has 1 N–H and O–H groups in total. The van der Waals surface area contributed by atoms with E-state index >= 15 is 0 Å². The number of rotatable bonds is 2. The Morgan fingerprint density at radius 2 is 1.91 bits per heavy atom. The van der Waals surface area contributed by atoms with E-state index in [9.17, 15) is 0 Å². The molecule has 0 aromatic carbocycles.